The molecule has 6 heteroatoms. The first kappa shape index (κ1) is 14.7. The van der Waals surface area contributed by atoms with Crippen molar-refractivity contribution in [1.82, 2.24) is 9.88 Å². The van der Waals surface area contributed by atoms with Gasteiger partial charge in [-0.2, -0.15) is 0 Å². The molecule has 1 aliphatic heterocycles. The van der Waals surface area contributed by atoms with E-state index in [-0.39, 0.29) is 17.8 Å². The van der Waals surface area contributed by atoms with Gasteiger partial charge in [-0.05, 0) is 17.7 Å². The number of benzene rings is 1. The van der Waals surface area contributed by atoms with E-state index in [1.54, 1.807) is 23.2 Å². The number of hydrogen-bond acceptors (Lipinski definition) is 4. The Balaban J connectivity index is 1.68. The molecule has 2 aromatic rings. The van der Waals surface area contributed by atoms with E-state index in [1.165, 1.54) is 19.1 Å². The van der Waals surface area contributed by atoms with Crippen LogP contribution in [0, 0.1) is 5.82 Å². The number of nitrogens with zero attached hydrogens (tertiary/aromatic N) is 2. The van der Waals surface area contributed by atoms with Crippen molar-refractivity contribution in [3.05, 3.63) is 53.5 Å². The Morgan fingerprint density at radius 1 is 1.41 bits per heavy atom. The third kappa shape index (κ3) is 3.33. The van der Waals surface area contributed by atoms with Gasteiger partial charge < -0.3 is 14.1 Å². The van der Waals surface area contributed by atoms with Gasteiger partial charge in [0.05, 0.1) is 19.3 Å². The number of rotatable bonds is 3. The third-order valence-electron chi connectivity index (χ3n) is 3.65. The molecule has 1 saturated heterocycles. The maximum absolute atomic E-state index is 12.9. The lowest BCUT2D eigenvalue weighted by Gasteiger charge is -2.30. The zero-order chi connectivity index (χ0) is 15.5. The summed E-state index contributed by atoms with van der Waals surface area (Å²) in [5, 5.41) is 0. The first-order valence-electron chi connectivity index (χ1n) is 7.18. The molecule has 0 N–H and O–H groups in total. The Morgan fingerprint density at radius 3 is 2.91 bits per heavy atom. The minimum Gasteiger partial charge on any atom is -0.442 e. The SMILES string of the molecule is CC(=O)N1CCOC(c2ncc(Cc3ccc(F)cc3)o2)C1. The van der Waals surface area contributed by atoms with Gasteiger partial charge in [0.1, 0.15) is 11.6 Å². The molecule has 1 unspecified atom stereocenters. The summed E-state index contributed by atoms with van der Waals surface area (Å²) < 4.78 is 24.2. The molecule has 2 heterocycles. The predicted octanol–water partition coefficient (Wildman–Crippen LogP) is 2.32. The summed E-state index contributed by atoms with van der Waals surface area (Å²) in [6, 6.07) is 6.27. The van der Waals surface area contributed by atoms with Crippen molar-refractivity contribution in [1.29, 1.82) is 0 Å². The van der Waals surface area contributed by atoms with Crippen molar-refractivity contribution in [3.63, 3.8) is 0 Å². The van der Waals surface area contributed by atoms with Crippen LogP contribution in [0.5, 0.6) is 0 Å². The van der Waals surface area contributed by atoms with Crippen LogP contribution in [0.3, 0.4) is 0 Å². The molecule has 3 rings (SSSR count). The average molecular weight is 304 g/mol. The van der Waals surface area contributed by atoms with E-state index < -0.39 is 0 Å². The van der Waals surface area contributed by atoms with Gasteiger partial charge in [-0.15, -0.1) is 0 Å². The zero-order valence-corrected chi connectivity index (χ0v) is 12.3. The molecule has 0 radical (unpaired) electrons. The van der Waals surface area contributed by atoms with Crippen molar-refractivity contribution < 1.29 is 18.3 Å². The fourth-order valence-electron chi connectivity index (χ4n) is 2.44. The Labute approximate surface area is 127 Å². The van der Waals surface area contributed by atoms with Gasteiger partial charge in [0.15, 0.2) is 6.10 Å². The molecule has 22 heavy (non-hydrogen) atoms. The Bertz CT molecular complexity index is 654. The number of morpholine rings is 1. The molecule has 0 saturated carbocycles. The lowest BCUT2D eigenvalue weighted by Crippen LogP contribution is -2.41. The van der Waals surface area contributed by atoms with E-state index >= 15 is 0 Å². The van der Waals surface area contributed by atoms with Crippen LogP contribution in [-0.2, 0) is 16.0 Å². The summed E-state index contributed by atoms with van der Waals surface area (Å²) in [7, 11) is 0. The second-order valence-corrected chi connectivity index (χ2v) is 5.29. The Hall–Kier alpha value is -2.21. The molecule has 1 fully saturated rings. The molecule has 0 spiro atoms. The molecule has 116 valence electrons. The smallest absolute Gasteiger partial charge is 0.225 e. The fraction of sp³-hybridized carbons (Fsp3) is 0.375. The van der Waals surface area contributed by atoms with Gasteiger partial charge >= 0.3 is 0 Å². The topological polar surface area (TPSA) is 55.6 Å². The quantitative estimate of drug-likeness (QED) is 0.873. The zero-order valence-electron chi connectivity index (χ0n) is 12.3. The van der Waals surface area contributed by atoms with Gasteiger partial charge in [-0.25, -0.2) is 9.37 Å². The fourth-order valence-corrected chi connectivity index (χ4v) is 2.44. The largest absolute Gasteiger partial charge is 0.442 e. The van der Waals surface area contributed by atoms with Gasteiger partial charge in [0, 0.05) is 19.9 Å². The van der Waals surface area contributed by atoms with Crippen LogP contribution in [0.15, 0.2) is 34.9 Å². The third-order valence-corrected chi connectivity index (χ3v) is 3.65. The normalized spacial score (nSPS) is 18.5. The molecular formula is C16H17FN2O3. The van der Waals surface area contributed by atoms with E-state index in [1.807, 2.05) is 0 Å². The van der Waals surface area contributed by atoms with Crippen LogP contribution in [0.1, 0.15) is 30.2 Å². The Kier molecular flexibility index (Phi) is 4.20. The van der Waals surface area contributed by atoms with Crippen LogP contribution in [0.2, 0.25) is 0 Å². The number of hydrogen-bond donors (Lipinski definition) is 0. The van der Waals surface area contributed by atoms with Crippen molar-refractivity contribution in [2.75, 3.05) is 19.7 Å². The van der Waals surface area contributed by atoms with E-state index in [9.17, 15) is 9.18 Å². The number of carbonyl (C=O) groups excluding carboxylic acids is 1. The maximum atomic E-state index is 12.9. The molecular weight excluding hydrogens is 287 g/mol. The summed E-state index contributed by atoms with van der Waals surface area (Å²) in [5.74, 6) is 0.918. The van der Waals surface area contributed by atoms with Gasteiger partial charge in [-0.1, -0.05) is 12.1 Å². The molecule has 5 nitrogen and oxygen atoms in total. The summed E-state index contributed by atoms with van der Waals surface area (Å²) in [6.07, 6.45) is 1.85. The first-order chi connectivity index (χ1) is 10.6. The highest BCUT2D eigenvalue weighted by Gasteiger charge is 2.27. The second-order valence-electron chi connectivity index (χ2n) is 5.29. The standard InChI is InChI=1S/C16H17FN2O3/c1-11(20)19-6-7-21-15(10-19)16-18-9-14(22-16)8-12-2-4-13(17)5-3-12/h2-5,9,15H,6-8,10H2,1H3. The van der Waals surface area contributed by atoms with E-state index in [0.717, 1.165) is 5.56 Å². The maximum Gasteiger partial charge on any atom is 0.225 e. The number of aromatic nitrogens is 1. The number of ether oxygens (including phenoxy) is 1. The highest BCUT2D eigenvalue weighted by atomic mass is 19.1. The van der Waals surface area contributed by atoms with E-state index in [0.29, 0.717) is 37.8 Å². The second kappa shape index (κ2) is 6.27. The molecule has 0 bridgehead atoms. The van der Waals surface area contributed by atoms with E-state index in [4.69, 9.17) is 9.15 Å². The predicted molar refractivity (Wildman–Crippen MR) is 76.7 cm³/mol. The average Bonchev–Trinajstić information content (AvgIpc) is 2.98. The number of amides is 1. The van der Waals surface area contributed by atoms with Crippen LogP contribution in [0.25, 0.3) is 0 Å². The highest BCUT2D eigenvalue weighted by molar-refractivity contribution is 5.73. The van der Waals surface area contributed by atoms with Gasteiger partial charge in [0.25, 0.3) is 0 Å². The summed E-state index contributed by atoms with van der Waals surface area (Å²) in [6.45, 7) is 3.05. The number of oxazole rings is 1. The number of halogens is 1. The number of carbonyl (C=O) groups is 1. The minimum atomic E-state index is -0.334. The molecule has 1 aromatic heterocycles. The van der Waals surface area contributed by atoms with Crippen LogP contribution < -0.4 is 0 Å². The summed E-state index contributed by atoms with van der Waals surface area (Å²) in [5.41, 5.74) is 0.944. The molecule has 1 atom stereocenters. The van der Waals surface area contributed by atoms with Crippen LogP contribution >= 0.6 is 0 Å². The van der Waals surface area contributed by atoms with Crippen molar-refractivity contribution in [2.24, 2.45) is 0 Å². The summed E-state index contributed by atoms with van der Waals surface area (Å²) >= 11 is 0. The van der Waals surface area contributed by atoms with Crippen molar-refractivity contribution >= 4 is 5.91 Å². The van der Waals surface area contributed by atoms with Crippen molar-refractivity contribution in [3.8, 4) is 0 Å². The lowest BCUT2D eigenvalue weighted by atomic mass is 10.1. The van der Waals surface area contributed by atoms with Crippen molar-refractivity contribution in [2.45, 2.75) is 19.4 Å². The van der Waals surface area contributed by atoms with Gasteiger partial charge in [0.2, 0.25) is 11.8 Å². The molecule has 1 amide bonds. The summed E-state index contributed by atoms with van der Waals surface area (Å²) in [4.78, 5) is 17.4. The monoisotopic (exact) mass is 304 g/mol. The van der Waals surface area contributed by atoms with Crippen LogP contribution in [-0.4, -0.2) is 35.5 Å². The van der Waals surface area contributed by atoms with Gasteiger partial charge in [-0.3, -0.25) is 4.79 Å². The Morgan fingerprint density at radius 2 is 2.18 bits per heavy atom. The minimum absolute atomic E-state index is 0.0198. The van der Waals surface area contributed by atoms with E-state index in [2.05, 4.69) is 4.98 Å². The molecule has 1 aromatic carbocycles. The molecule has 1 aliphatic rings. The van der Waals surface area contributed by atoms with Crippen LogP contribution in [0.4, 0.5) is 4.39 Å². The first-order valence-corrected chi connectivity index (χ1v) is 7.18. The lowest BCUT2D eigenvalue weighted by molar-refractivity contribution is -0.137. The highest BCUT2D eigenvalue weighted by Crippen LogP contribution is 2.23. The molecule has 0 aliphatic carbocycles.